The van der Waals surface area contributed by atoms with Gasteiger partial charge in [0.1, 0.15) is 11.9 Å². The van der Waals surface area contributed by atoms with Crippen LogP contribution in [0.5, 0.6) is 11.5 Å². The normalized spacial score (nSPS) is 23.8. The smallest absolute Gasteiger partial charge is 0.260 e. The largest absolute Gasteiger partial charge is 0.485 e. The Morgan fingerprint density at radius 2 is 1.82 bits per heavy atom. The molecule has 4 rings (SSSR count). The van der Waals surface area contributed by atoms with Crippen molar-refractivity contribution in [3.05, 3.63) is 58.9 Å². The molecule has 1 amide bonds. The van der Waals surface area contributed by atoms with Crippen LogP contribution in [0, 0.1) is 5.82 Å². The molecule has 3 atom stereocenters. The van der Waals surface area contributed by atoms with E-state index in [1.807, 2.05) is 17.0 Å². The molecule has 0 spiro atoms. The van der Waals surface area contributed by atoms with E-state index < -0.39 is 0 Å². The van der Waals surface area contributed by atoms with Gasteiger partial charge >= 0.3 is 0 Å². The molecule has 0 saturated carbocycles. The molecule has 2 aliphatic heterocycles. The van der Waals surface area contributed by atoms with Gasteiger partial charge in [-0.25, -0.2) is 4.39 Å². The molecule has 184 valence electrons. The van der Waals surface area contributed by atoms with Crippen molar-refractivity contribution in [2.75, 3.05) is 39.8 Å². The lowest BCUT2D eigenvalue weighted by atomic mass is 10.1. The lowest BCUT2D eigenvalue weighted by Gasteiger charge is -2.44. The topological polar surface area (TPSA) is 45.3 Å². The second-order valence-electron chi connectivity index (χ2n) is 9.47. The molecule has 2 heterocycles. The first-order valence-corrected chi connectivity index (χ1v) is 12.2. The lowest BCUT2D eigenvalue weighted by molar-refractivity contribution is -0.139. The molecule has 6 nitrogen and oxygen atoms in total. The van der Waals surface area contributed by atoms with E-state index in [-0.39, 0.29) is 36.5 Å². The minimum Gasteiger partial charge on any atom is -0.485 e. The van der Waals surface area contributed by atoms with E-state index in [9.17, 15) is 9.18 Å². The van der Waals surface area contributed by atoms with Gasteiger partial charge in [0.05, 0.1) is 0 Å². The summed E-state index contributed by atoms with van der Waals surface area (Å²) in [7, 11) is 2.07. The van der Waals surface area contributed by atoms with Crippen LogP contribution in [-0.2, 0) is 11.3 Å². The third-order valence-electron chi connectivity index (χ3n) is 6.63. The van der Waals surface area contributed by atoms with Crippen molar-refractivity contribution in [2.45, 2.75) is 45.0 Å². The molecule has 34 heavy (non-hydrogen) atoms. The lowest BCUT2D eigenvalue weighted by Crippen LogP contribution is -2.58. The Balaban J connectivity index is 1.34. The molecule has 2 aromatic carbocycles. The Hall–Kier alpha value is -2.35. The van der Waals surface area contributed by atoms with Gasteiger partial charge in [0, 0.05) is 55.9 Å². The highest BCUT2D eigenvalue weighted by molar-refractivity contribution is 6.30. The Labute approximate surface area is 206 Å². The van der Waals surface area contributed by atoms with Gasteiger partial charge in [-0.1, -0.05) is 23.7 Å². The van der Waals surface area contributed by atoms with Crippen LogP contribution in [0.25, 0.3) is 0 Å². The van der Waals surface area contributed by atoms with Gasteiger partial charge < -0.3 is 19.3 Å². The van der Waals surface area contributed by atoms with Crippen LogP contribution in [-0.4, -0.2) is 78.6 Å². The first kappa shape index (κ1) is 24.8. The minimum absolute atomic E-state index is 0.0442. The first-order valence-electron chi connectivity index (χ1n) is 11.8. The number of likely N-dealkylation sites (N-methyl/N-ethyl adjacent to an activating group) is 1. The SMILES string of the molecule is C[C@@H]1CN(Cc2ccc(F)cc2)[C@@H](C)CN1C(=O)COc1ccc(Cl)cc1O[C@H]1CCN(C)C1. The fourth-order valence-electron chi connectivity index (χ4n) is 4.68. The summed E-state index contributed by atoms with van der Waals surface area (Å²) in [5.74, 6) is 0.821. The van der Waals surface area contributed by atoms with E-state index in [0.29, 0.717) is 23.1 Å². The maximum atomic E-state index is 13.2. The maximum Gasteiger partial charge on any atom is 0.260 e. The molecule has 2 fully saturated rings. The van der Waals surface area contributed by atoms with Gasteiger partial charge in [-0.15, -0.1) is 0 Å². The highest BCUT2D eigenvalue weighted by atomic mass is 35.5. The number of likely N-dealkylation sites (tertiary alicyclic amines) is 1. The molecule has 8 heteroatoms. The summed E-state index contributed by atoms with van der Waals surface area (Å²) in [6, 6.07) is 12.1. The number of nitrogens with zero attached hydrogens (tertiary/aromatic N) is 3. The molecule has 2 saturated heterocycles. The number of piperazine rings is 1. The van der Waals surface area contributed by atoms with E-state index in [1.54, 1.807) is 18.2 Å². The van der Waals surface area contributed by atoms with Crippen LogP contribution in [0.4, 0.5) is 4.39 Å². The molecule has 0 bridgehead atoms. The Kier molecular flexibility index (Phi) is 7.96. The predicted octanol–water partition coefficient (Wildman–Crippen LogP) is 4.06. The number of carbonyl (C=O) groups excluding carboxylic acids is 1. The number of hydrogen-bond donors (Lipinski definition) is 0. The van der Waals surface area contributed by atoms with Crippen LogP contribution in [0.2, 0.25) is 5.02 Å². The summed E-state index contributed by atoms with van der Waals surface area (Å²) in [6.07, 6.45) is 1.02. The number of halogens is 2. The number of amides is 1. The quantitative estimate of drug-likeness (QED) is 0.587. The van der Waals surface area contributed by atoms with Gasteiger partial charge in [0.2, 0.25) is 0 Å². The maximum absolute atomic E-state index is 13.2. The zero-order valence-electron chi connectivity index (χ0n) is 20.0. The van der Waals surface area contributed by atoms with E-state index in [4.69, 9.17) is 21.1 Å². The zero-order chi connectivity index (χ0) is 24.2. The zero-order valence-corrected chi connectivity index (χ0v) is 20.8. The van der Waals surface area contributed by atoms with Crippen LogP contribution in [0.1, 0.15) is 25.8 Å². The molecular formula is C26H33ClFN3O3. The summed E-state index contributed by atoms with van der Waals surface area (Å²) in [4.78, 5) is 19.5. The van der Waals surface area contributed by atoms with Crippen molar-refractivity contribution in [3.63, 3.8) is 0 Å². The predicted molar refractivity (Wildman–Crippen MR) is 131 cm³/mol. The summed E-state index contributed by atoms with van der Waals surface area (Å²) in [6.45, 7) is 8.03. The molecule has 2 aliphatic rings. The Morgan fingerprint density at radius 1 is 1.06 bits per heavy atom. The number of ether oxygens (including phenoxy) is 2. The van der Waals surface area contributed by atoms with Gasteiger partial charge in [0.25, 0.3) is 5.91 Å². The monoisotopic (exact) mass is 489 g/mol. The number of benzene rings is 2. The van der Waals surface area contributed by atoms with E-state index in [1.165, 1.54) is 12.1 Å². The summed E-state index contributed by atoms with van der Waals surface area (Å²) < 4.78 is 25.3. The van der Waals surface area contributed by atoms with Gasteiger partial charge in [-0.2, -0.15) is 0 Å². The summed E-state index contributed by atoms with van der Waals surface area (Å²) in [5.41, 5.74) is 1.06. The van der Waals surface area contributed by atoms with Gasteiger partial charge in [-0.3, -0.25) is 9.69 Å². The van der Waals surface area contributed by atoms with Crippen LogP contribution < -0.4 is 9.47 Å². The highest BCUT2D eigenvalue weighted by Gasteiger charge is 2.32. The van der Waals surface area contributed by atoms with Gasteiger partial charge in [-0.05, 0) is 57.1 Å². The summed E-state index contributed by atoms with van der Waals surface area (Å²) >= 11 is 6.19. The third-order valence-corrected chi connectivity index (χ3v) is 6.87. The Morgan fingerprint density at radius 3 is 2.53 bits per heavy atom. The van der Waals surface area contributed by atoms with Crippen LogP contribution in [0.15, 0.2) is 42.5 Å². The van der Waals surface area contributed by atoms with Crippen molar-refractivity contribution >= 4 is 17.5 Å². The second kappa shape index (κ2) is 10.9. The molecule has 0 radical (unpaired) electrons. The molecule has 0 N–H and O–H groups in total. The average Bonchev–Trinajstić information content (AvgIpc) is 3.21. The first-order chi connectivity index (χ1) is 16.3. The second-order valence-corrected chi connectivity index (χ2v) is 9.91. The van der Waals surface area contributed by atoms with E-state index in [0.717, 1.165) is 38.2 Å². The van der Waals surface area contributed by atoms with Crippen LogP contribution in [0.3, 0.4) is 0 Å². The number of carbonyl (C=O) groups is 1. The Bertz CT molecular complexity index is 990. The summed E-state index contributed by atoms with van der Waals surface area (Å²) in [5, 5.41) is 0.569. The fourth-order valence-corrected chi connectivity index (χ4v) is 4.84. The van der Waals surface area contributed by atoms with E-state index >= 15 is 0 Å². The number of rotatable bonds is 7. The molecular weight excluding hydrogens is 457 g/mol. The minimum atomic E-state index is -0.231. The third kappa shape index (κ3) is 6.20. The van der Waals surface area contributed by atoms with E-state index in [2.05, 4.69) is 30.7 Å². The fraction of sp³-hybridized carbons (Fsp3) is 0.500. The molecule has 2 aromatic rings. The van der Waals surface area contributed by atoms with Gasteiger partial charge in [0.15, 0.2) is 18.1 Å². The number of hydrogen-bond acceptors (Lipinski definition) is 5. The highest BCUT2D eigenvalue weighted by Crippen LogP contribution is 2.32. The van der Waals surface area contributed by atoms with Crippen LogP contribution >= 0.6 is 11.6 Å². The van der Waals surface area contributed by atoms with Crippen molar-refractivity contribution in [3.8, 4) is 11.5 Å². The van der Waals surface area contributed by atoms with Crippen molar-refractivity contribution in [1.82, 2.24) is 14.7 Å². The molecule has 0 aromatic heterocycles. The van der Waals surface area contributed by atoms with Crippen molar-refractivity contribution < 1.29 is 18.7 Å². The van der Waals surface area contributed by atoms with Crippen molar-refractivity contribution in [1.29, 1.82) is 0 Å². The average molecular weight is 490 g/mol. The molecule has 0 unspecified atom stereocenters. The standard InChI is InChI=1S/C26H33ClFN3O3/c1-18-14-31(19(2)13-30(18)15-20-4-7-22(28)8-5-20)26(32)17-33-24-9-6-21(27)12-25(24)34-23-10-11-29(3)16-23/h4-9,12,18-19,23H,10-11,13-17H2,1-3H3/t18-,19+,23-/m0/s1. The molecule has 0 aliphatic carbocycles. The van der Waals surface area contributed by atoms with Crippen molar-refractivity contribution in [2.24, 2.45) is 0 Å².